The normalized spacial score (nSPS) is 12.6. The highest BCUT2D eigenvalue weighted by molar-refractivity contribution is 5.68. The summed E-state index contributed by atoms with van der Waals surface area (Å²) in [5, 5.41) is 17.5. The summed E-state index contributed by atoms with van der Waals surface area (Å²) < 4.78 is 5.06. The van der Waals surface area contributed by atoms with Crippen molar-refractivity contribution in [1.82, 2.24) is 0 Å². The number of aliphatic carboxylic acids is 1. The summed E-state index contributed by atoms with van der Waals surface area (Å²) >= 11 is 0. The third-order valence-corrected chi connectivity index (χ3v) is 3.03. The molecule has 0 aromatic heterocycles. The zero-order chi connectivity index (χ0) is 13.6. The highest BCUT2D eigenvalue weighted by Gasteiger charge is 2.09. The minimum absolute atomic E-state index is 0.0935. The summed E-state index contributed by atoms with van der Waals surface area (Å²) in [5.74, 6) is -0.982. The summed E-state index contributed by atoms with van der Waals surface area (Å²) in [4.78, 5) is 10.3. The molecule has 0 heterocycles. The van der Waals surface area contributed by atoms with E-state index in [-0.39, 0.29) is 19.3 Å². The zero-order valence-electron chi connectivity index (χ0n) is 11.6. The lowest BCUT2D eigenvalue weighted by Crippen LogP contribution is -2.21. The molecule has 0 fully saturated rings. The number of carboxylic acid groups (broad SMARTS) is 1. The minimum atomic E-state index is -0.982. The fourth-order valence-electron chi connectivity index (χ4n) is 1.92. The first-order valence-electron chi connectivity index (χ1n) is 7.15. The van der Waals surface area contributed by atoms with Gasteiger partial charge in [0, 0.05) is 0 Å². The van der Waals surface area contributed by atoms with E-state index >= 15 is 0 Å². The Morgan fingerprint density at radius 3 is 2.11 bits per heavy atom. The van der Waals surface area contributed by atoms with Gasteiger partial charge in [-0.15, -0.1) is 0 Å². The minimum Gasteiger partial charge on any atom is -0.480 e. The van der Waals surface area contributed by atoms with Crippen molar-refractivity contribution in [2.45, 2.75) is 70.8 Å². The van der Waals surface area contributed by atoms with Crippen LogP contribution in [0.2, 0.25) is 0 Å². The van der Waals surface area contributed by atoms with E-state index in [1.165, 1.54) is 38.5 Å². The highest BCUT2D eigenvalue weighted by Crippen LogP contribution is 2.11. The molecule has 4 heteroatoms. The first kappa shape index (κ1) is 17.4. The van der Waals surface area contributed by atoms with Crippen molar-refractivity contribution in [2.24, 2.45) is 0 Å². The number of aliphatic hydroxyl groups excluding tert-OH is 1. The molecular formula is C14H28O4. The highest BCUT2D eigenvalue weighted by atomic mass is 16.5. The van der Waals surface area contributed by atoms with Crippen molar-refractivity contribution >= 4 is 5.97 Å². The molecule has 2 N–H and O–H groups in total. The molecule has 0 aliphatic rings. The molecule has 18 heavy (non-hydrogen) atoms. The Balaban J connectivity index is 3.31. The maximum absolute atomic E-state index is 10.3. The van der Waals surface area contributed by atoms with Gasteiger partial charge in [-0.1, -0.05) is 58.3 Å². The maximum Gasteiger partial charge on any atom is 0.329 e. The summed E-state index contributed by atoms with van der Waals surface area (Å²) in [6.07, 6.45) is 10.3. The number of rotatable bonds is 13. The van der Waals surface area contributed by atoms with Gasteiger partial charge in [0.1, 0.15) is 6.61 Å². The van der Waals surface area contributed by atoms with Crippen LogP contribution >= 0.6 is 0 Å². The third kappa shape index (κ3) is 11.9. The number of ether oxygens (including phenoxy) is 1. The van der Waals surface area contributed by atoms with Crippen LogP contribution in [0, 0.1) is 0 Å². The summed E-state index contributed by atoms with van der Waals surface area (Å²) in [5.41, 5.74) is 0. The lowest BCUT2D eigenvalue weighted by Gasteiger charge is -2.13. The van der Waals surface area contributed by atoms with Gasteiger partial charge in [-0.3, -0.25) is 0 Å². The van der Waals surface area contributed by atoms with Crippen LogP contribution in [-0.4, -0.2) is 35.5 Å². The Labute approximate surface area is 110 Å². The molecule has 0 bridgehead atoms. The molecule has 0 aromatic carbocycles. The second-order valence-corrected chi connectivity index (χ2v) is 4.77. The average Bonchev–Trinajstić information content (AvgIpc) is 2.36. The number of hydrogen-bond acceptors (Lipinski definition) is 3. The summed E-state index contributed by atoms with van der Waals surface area (Å²) in [7, 11) is 0. The fourth-order valence-corrected chi connectivity index (χ4v) is 1.92. The molecule has 0 rings (SSSR count). The first-order chi connectivity index (χ1) is 8.70. The number of aliphatic hydroxyl groups is 1. The van der Waals surface area contributed by atoms with E-state index in [2.05, 4.69) is 6.92 Å². The standard InChI is InChI=1S/C14H28O4/c1-2-3-4-5-6-7-8-9-10-13(11-15)18-12-14(16)17/h13,15H,2-12H2,1H3,(H,16,17). The number of carboxylic acids is 1. The molecule has 0 spiro atoms. The Hall–Kier alpha value is -0.610. The third-order valence-electron chi connectivity index (χ3n) is 3.03. The van der Waals surface area contributed by atoms with Gasteiger partial charge >= 0.3 is 5.97 Å². The first-order valence-corrected chi connectivity index (χ1v) is 7.15. The predicted molar refractivity (Wildman–Crippen MR) is 71.7 cm³/mol. The van der Waals surface area contributed by atoms with Gasteiger partial charge in [-0.2, -0.15) is 0 Å². The van der Waals surface area contributed by atoms with Crippen LogP contribution in [-0.2, 0) is 9.53 Å². The molecule has 1 atom stereocenters. The second-order valence-electron chi connectivity index (χ2n) is 4.77. The van der Waals surface area contributed by atoms with Gasteiger partial charge in [0.2, 0.25) is 0 Å². The van der Waals surface area contributed by atoms with Crippen LogP contribution < -0.4 is 0 Å². The van der Waals surface area contributed by atoms with Crippen LogP contribution in [0.3, 0.4) is 0 Å². The Morgan fingerprint density at radius 2 is 1.61 bits per heavy atom. The van der Waals surface area contributed by atoms with Crippen LogP contribution in [0.1, 0.15) is 64.7 Å². The summed E-state index contributed by atoms with van der Waals surface area (Å²) in [6.45, 7) is 1.80. The molecule has 0 aromatic rings. The van der Waals surface area contributed by atoms with E-state index in [4.69, 9.17) is 14.9 Å². The van der Waals surface area contributed by atoms with Crippen molar-refractivity contribution in [3.63, 3.8) is 0 Å². The Bertz CT molecular complexity index is 194. The molecule has 0 saturated heterocycles. The number of unbranched alkanes of at least 4 members (excludes halogenated alkanes) is 7. The molecule has 108 valence electrons. The van der Waals surface area contributed by atoms with Gasteiger partial charge in [0.15, 0.2) is 0 Å². The number of hydrogen-bond donors (Lipinski definition) is 2. The van der Waals surface area contributed by atoms with E-state index in [0.717, 1.165) is 19.3 Å². The van der Waals surface area contributed by atoms with Crippen molar-refractivity contribution in [3.05, 3.63) is 0 Å². The summed E-state index contributed by atoms with van der Waals surface area (Å²) in [6, 6.07) is 0. The largest absolute Gasteiger partial charge is 0.480 e. The molecule has 1 unspecified atom stereocenters. The van der Waals surface area contributed by atoms with Crippen LogP contribution in [0.4, 0.5) is 0 Å². The quantitative estimate of drug-likeness (QED) is 0.500. The van der Waals surface area contributed by atoms with Crippen molar-refractivity contribution in [2.75, 3.05) is 13.2 Å². The van der Waals surface area contributed by atoms with Crippen LogP contribution in [0.15, 0.2) is 0 Å². The molecular weight excluding hydrogens is 232 g/mol. The SMILES string of the molecule is CCCCCCCCCCC(CO)OCC(=O)O. The lowest BCUT2D eigenvalue weighted by atomic mass is 10.1. The lowest BCUT2D eigenvalue weighted by molar-refractivity contribution is -0.145. The average molecular weight is 260 g/mol. The number of carbonyl (C=O) groups is 1. The van der Waals surface area contributed by atoms with E-state index in [1.54, 1.807) is 0 Å². The van der Waals surface area contributed by atoms with Crippen molar-refractivity contribution in [3.8, 4) is 0 Å². The Kier molecular flexibility index (Phi) is 12.4. The van der Waals surface area contributed by atoms with Gasteiger partial charge in [0.25, 0.3) is 0 Å². The molecule has 0 saturated carbocycles. The van der Waals surface area contributed by atoms with E-state index in [0.29, 0.717) is 0 Å². The fraction of sp³-hybridized carbons (Fsp3) is 0.929. The van der Waals surface area contributed by atoms with E-state index in [1.807, 2.05) is 0 Å². The molecule has 4 nitrogen and oxygen atoms in total. The van der Waals surface area contributed by atoms with Gasteiger partial charge in [0.05, 0.1) is 12.7 Å². The zero-order valence-corrected chi connectivity index (χ0v) is 11.6. The van der Waals surface area contributed by atoms with Gasteiger partial charge in [-0.25, -0.2) is 4.79 Å². The molecule has 0 radical (unpaired) electrons. The molecule has 0 amide bonds. The topological polar surface area (TPSA) is 66.8 Å². The van der Waals surface area contributed by atoms with Gasteiger partial charge < -0.3 is 14.9 Å². The maximum atomic E-state index is 10.3. The van der Waals surface area contributed by atoms with Crippen LogP contribution in [0.5, 0.6) is 0 Å². The van der Waals surface area contributed by atoms with Crippen molar-refractivity contribution < 1.29 is 19.7 Å². The predicted octanol–water partition coefficient (Wildman–Crippen LogP) is 2.98. The molecule has 0 aliphatic carbocycles. The van der Waals surface area contributed by atoms with E-state index in [9.17, 15) is 4.79 Å². The Morgan fingerprint density at radius 1 is 1.06 bits per heavy atom. The second kappa shape index (κ2) is 12.8. The monoisotopic (exact) mass is 260 g/mol. The smallest absolute Gasteiger partial charge is 0.329 e. The van der Waals surface area contributed by atoms with Gasteiger partial charge in [-0.05, 0) is 6.42 Å². The molecule has 0 aliphatic heterocycles. The van der Waals surface area contributed by atoms with Crippen LogP contribution in [0.25, 0.3) is 0 Å². The van der Waals surface area contributed by atoms with E-state index < -0.39 is 5.97 Å². The van der Waals surface area contributed by atoms with Crippen molar-refractivity contribution in [1.29, 1.82) is 0 Å².